The zero-order chi connectivity index (χ0) is 14.4. The molecule has 0 saturated heterocycles. The number of rotatable bonds is 4. The van der Waals surface area contributed by atoms with Crippen LogP contribution in [0.2, 0.25) is 0 Å². The fourth-order valence-corrected chi connectivity index (χ4v) is 1.60. The predicted octanol–water partition coefficient (Wildman–Crippen LogP) is 3.23. The van der Waals surface area contributed by atoms with Gasteiger partial charge < -0.3 is 0 Å². The van der Waals surface area contributed by atoms with Crippen molar-refractivity contribution in [2.24, 2.45) is 4.99 Å². The van der Waals surface area contributed by atoms with E-state index in [0.29, 0.717) is 0 Å². The minimum absolute atomic E-state index is 0.131. The Hall–Kier alpha value is -2.62. The first-order valence-corrected chi connectivity index (χ1v) is 6.38. The van der Waals surface area contributed by atoms with Crippen molar-refractivity contribution in [3.8, 4) is 0 Å². The van der Waals surface area contributed by atoms with Gasteiger partial charge in [0.2, 0.25) is 0 Å². The molecule has 102 valence electrons. The highest BCUT2D eigenvalue weighted by atomic mass is 16.1. The molecular weight excluding hydrogens is 250 g/mol. The lowest BCUT2D eigenvalue weighted by atomic mass is 10.2. The molecule has 0 fully saturated rings. The van der Waals surface area contributed by atoms with Crippen molar-refractivity contribution in [2.45, 2.75) is 13.8 Å². The van der Waals surface area contributed by atoms with Gasteiger partial charge in [-0.3, -0.25) is 15.6 Å². The molecule has 2 aromatic rings. The summed E-state index contributed by atoms with van der Waals surface area (Å²) in [6, 6.07) is 17.2. The summed E-state index contributed by atoms with van der Waals surface area (Å²) < 4.78 is 0. The molecule has 20 heavy (non-hydrogen) atoms. The van der Waals surface area contributed by atoms with Gasteiger partial charge in [-0.15, -0.1) is 0 Å². The summed E-state index contributed by atoms with van der Waals surface area (Å²) >= 11 is 0. The maximum Gasteiger partial charge on any atom is 0.196 e. The number of Topliss-reactive ketones (excluding diaryl/α,β-unsaturated/α-hetero) is 1. The number of nitrogens with zero attached hydrogens (tertiary/aromatic N) is 1. The summed E-state index contributed by atoms with van der Waals surface area (Å²) in [5, 5.41) is 0. The number of nitrogens with one attached hydrogen (secondary N) is 2. The Morgan fingerprint density at radius 3 is 2.25 bits per heavy atom. The highest BCUT2D eigenvalue weighted by Crippen LogP contribution is 2.12. The van der Waals surface area contributed by atoms with Crippen LogP contribution in [0.1, 0.15) is 12.5 Å². The molecule has 4 nitrogen and oxygen atoms in total. The molecule has 0 bridgehead atoms. The molecule has 2 rings (SSSR count). The van der Waals surface area contributed by atoms with E-state index in [1.54, 1.807) is 0 Å². The number of anilines is 1. The van der Waals surface area contributed by atoms with Crippen molar-refractivity contribution in [1.29, 1.82) is 0 Å². The molecular formula is C16H17N3O. The number of benzene rings is 2. The van der Waals surface area contributed by atoms with Crippen molar-refractivity contribution in [3.63, 3.8) is 0 Å². The average molecular weight is 267 g/mol. The Balaban J connectivity index is 2.11. The summed E-state index contributed by atoms with van der Waals surface area (Å²) in [4.78, 5) is 15.9. The molecule has 2 aromatic carbocycles. The van der Waals surface area contributed by atoms with Crippen LogP contribution in [0.3, 0.4) is 0 Å². The van der Waals surface area contributed by atoms with E-state index in [1.165, 1.54) is 6.92 Å². The molecule has 0 aliphatic carbocycles. The number of para-hydroxylation sites is 1. The molecule has 0 heterocycles. The molecule has 4 heteroatoms. The molecule has 0 aromatic heterocycles. The number of carbonyl (C=O) groups is 1. The molecule has 0 saturated carbocycles. The van der Waals surface area contributed by atoms with Crippen molar-refractivity contribution in [1.82, 2.24) is 5.43 Å². The molecule has 0 atom stereocenters. The zero-order valence-electron chi connectivity index (χ0n) is 11.6. The first-order valence-electron chi connectivity index (χ1n) is 6.38. The van der Waals surface area contributed by atoms with Gasteiger partial charge in [0, 0.05) is 6.92 Å². The number of aliphatic imine (C=N–C) groups is 1. The van der Waals surface area contributed by atoms with E-state index in [9.17, 15) is 4.79 Å². The van der Waals surface area contributed by atoms with Crippen LogP contribution in [-0.4, -0.2) is 11.6 Å². The van der Waals surface area contributed by atoms with E-state index >= 15 is 0 Å². The summed E-state index contributed by atoms with van der Waals surface area (Å²) in [6.07, 6.45) is 0. The second-order valence-electron chi connectivity index (χ2n) is 4.47. The van der Waals surface area contributed by atoms with Crippen LogP contribution in [0.15, 0.2) is 59.6 Å². The van der Waals surface area contributed by atoms with E-state index in [0.717, 1.165) is 16.9 Å². The van der Waals surface area contributed by atoms with E-state index in [2.05, 4.69) is 15.8 Å². The Morgan fingerprint density at radius 1 is 1.00 bits per heavy atom. The number of hydrogen-bond donors (Lipinski definition) is 2. The SMILES string of the molecule is CC(=O)C(=Nc1ccc(C)cc1)NNc1ccccc1. The Bertz CT molecular complexity index is 603. The minimum Gasteiger partial charge on any atom is -0.300 e. The van der Waals surface area contributed by atoms with Crippen molar-refractivity contribution in [2.75, 3.05) is 5.43 Å². The maximum absolute atomic E-state index is 11.6. The second kappa shape index (κ2) is 6.52. The van der Waals surface area contributed by atoms with Crippen LogP contribution in [-0.2, 0) is 4.79 Å². The third kappa shape index (κ3) is 3.95. The molecule has 0 radical (unpaired) electrons. The van der Waals surface area contributed by atoms with Gasteiger partial charge in [0.15, 0.2) is 11.6 Å². The third-order valence-electron chi connectivity index (χ3n) is 2.71. The lowest BCUT2D eigenvalue weighted by Gasteiger charge is -2.10. The van der Waals surface area contributed by atoms with Crippen LogP contribution in [0.25, 0.3) is 0 Å². The fraction of sp³-hybridized carbons (Fsp3) is 0.125. The van der Waals surface area contributed by atoms with Gasteiger partial charge in [0.1, 0.15) is 0 Å². The first-order chi connectivity index (χ1) is 9.65. The Labute approximate surface area is 118 Å². The highest BCUT2D eigenvalue weighted by molar-refractivity contribution is 6.38. The van der Waals surface area contributed by atoms with Crippen LogP contribution < -0.4 is 10.9 Å². The monoisotopic (exact) mass is 267 g/mol. The van der Waals surface area contributed by atoms with Crippen molar-refractivity contribution in [3.05, 3.63) is 60.2 Å². The zero-order valence-corrected chi connectivity index (χ0v) is 11.6. The van der Waals surface area contributed by atoms with Crippen LogP contribution in [0, 0.1) is 6.92 Å². The van der Waals surface area contributed by atoms with E-state index in [1.807, 2.05) is 61.5 Å². The number of hydrazine groups is 1. The Kier molecular flexibility index (Phi) is 4.50. The quantitative estimate of drug-likeness (QED) is 0.508. The van der Waals surface area contributed by atoms with Crippen LogP contribution >= 0.6 is 0 Å². The fourth-order valence-electron chi connectivity index (χ4n) is 1.60. The number of hydrogen-bond acceptors (Lipinski definition) is 3. The largest absolute Gasteiger partial charge is 0.300 e. The average Bonchev–Trinajstić information content (AvgIpc) is 2.46. The van der Waals surface area contributed by atoms with Gasteiger partial charge in [-0.25, -0.2) is 4.99 Å². The summed E-state index contributed by atoms with van der Waals surface area (Å²) in [5.41, 5.74) is 8.57. The van der Waals surface area contributed by atoms with Gasteiger partial charge in [-0.2, -0.15) is 0 Å². The predicted molar refractivity (Wildman–Crippen MR) is 82.2 cm³/mol. The highest BCUT2D eigenvalue weighted by Gasteiger charge is 2.05. The molecule has 0 amide bonds. The van der Waals surface area contributed by atoms with E-state index < -0.39 is 0 Å². The van der Waals surface area contributed by atoms with Gasteiger partial charge in [-0.1, -0.05) is 35.9 Å². The Morgan fingerprint density at radius 2 is 1.65 bits per heavy atom. The lowest BCUT2D eigenvalue weighted by molar-refractivity contribution is -0.111. The topological polar surface area (TPSA) is 53.5 Å². The summed E-state index contributed by atoms with van der Waals surface area (Å²) in [5.74, 6) is 0.145. The number of amidine groups is 1. The molecule has 0 aliphatic rings. The molecule has 2 N–H and O–H groups in total. The third-order valence-corrected chi connectivity index (χ3v) is 2.71. The second-order valence-corrected chi connectivity index (χ2v) is 4.47. The normalized spacial score (nSPS) is 11.0. The van der Waals surface area contributed by atoms with Crippen molar-refractivity contribution >= 4 is 23.0 Å². The molecule has 0 aliphatic heterocycles. The van der Waals surface area contributed by atoms with Gasteiger partial charge in [-0.05, 0) is 31.2 Å². The maximum atomic E-state index is 11.6. The van der Waals surface area contributed by atoms with Crippen molar-refractivity contribution < 1.29 is 4.79 Å². The van der Waals surface area contributed by atoms with Crippen LogP contribution in [0.4, 0.5) is 11.4 Å². The van der Waals surface area contributed by atoms with Crippen LogP contribution in [0.5, 0.6) is 0 Å². The lowest BCUT2D eigenvalue weighted by Crippen LogP contribution is -2.34. The standard InChI is InChI=1S/C16H17N3O/c1-12-8-10-14(11-9-12)17-16(13(2)20)19-18-15-6-4-3-5-7-15/h3-11,18H,1-2H3,(H,17,19). The minimum atomic E-state index is -0.131. The molecule has 0 spiro atoms. The molecule has 0 unspecified atom stereocenters. The summed E-state index contributed by atoms with van der Waals surface area (Å²) in [6.45, 7) is 3.49. The van der Waals surface area contributed by atoms with Gasteiger partial charge >= 0.3 is 0 Å². The van der Waals surface area contributed by atoms with E-state index in [-0.39, 0.29) is 11.6 Å². The van der Waals surface area contributed by atoms with Gasteiger partial charge in [0.05, 0.1) is 11.4 Å². The summed E-state index contributed by atoms with van der Waals surface area (Å²) in [7, 11) is 0. The number of ketones is 1. The smallest absolute Gasteiger partial charge is 0.196 e. The van der Waals surface area contributed by atoms with E-state index in [4.69, 9.17) is 0 Å². The number of aryl methyl sites for hydroxylation is 1. The van der Waals surface area contributed by atoms with Gasteiger partial charge in [0.25, 0.3) is 0 Å². The number of carbonyl (C=O) groups excluding carboxylic acids is 1. The first kappa shape index (κ1) is 13.8.